The Morgan fingerprint density at radius 3 is 2.86 bits per heavy atom. The summed E-state index contributed by atoms with van der Waals surface area (Å²) < 4.78 is 0. The van der Waals surface area contributed by atoms with Crippen LogP contribution in [0.1, 0.15) is 28.2 Å². The molecule has 0 radical (unpaired) electrons. The van der Waals surface area contributed by atoms with Crippen LogP contribution in [0.15, 0.2) is 16.8 Å². The fourth-order valence-corrected chi connectivity index (χ4v) is 4.63. The van der Waals surface area contributed by atoms with E-state index in [-0.39, 0.29) is 5.91 Å². The molecule has 0 bridgehead atoms. The van der Waals surface area contributed by atoms with E-state index in [0.717, 1.165) is 29.1 Å². The second-order valence-electron chi connectivity index (χ2n) is 5.98. The molecule has 4 nitrogen and oxygen atoms in total. The van der Waals surface area contributed by atoms with Gasteiger partial charge in [0.2, 0.25) is 0 Å². The average molecular weight is 320 g/mol. The van der Waals surface area contributed by atoms with Crippen molar-refractivity contribution in [3.8, 4) is 10.6 Å². The molecule has 2 fully saturated rings. The number of β-amino-alcohol motifs (C(OH)–C–C–N with tert-alkyl or cyclic N) is 1. The fraction of sp³-hybridized carbons (Fsp3) is 0.467. The van der Waals surface area contributed by atoms with Crippen molar-refractivity contribution in [3.05, 3.63) is 27.4 Å². The van der Waals surface area contributed by atoms with Crippen LogP contribution >= 0.6 is 22.7 Å². The second kappa shape index (κ2) is 4.63. The zero-order chi connectivity index (χ0) is 14.6. The van der Waals surface area contributed by atoms with Crippen LogP contribution in [0.3, 0.4) is 0 Å². The zero-order valence-electron chi connectivity index (χ0n) is 11.7. The number of amides is 1. The van der Waals surface area contributed by atoms with Crippen molar-refractivity contribution in [3.63, 3.8) is 0 Å². The van der Waals surface area contributed by atoms with Crippen molar-refractivity contribution in [2.75, 3.05) is 13.1 Å². The summed E-state index contributed by atoms with van der Waals surface area (Å²) in [4.78, 5) is 19.5. The molecule has 6 heteroatoms. The van der Waals surface area contributed by atoms with Gasteiger partial charge in [0.15, 0.2) is 0 Å². The minimum Gasteiger partial charge on any atom is -0.386 e. The molecule has 1 aliphatic heterocycles. The van der Waals surface area contributed by atoms with Gasteiger partial charge in [0.1, 0.15) is 15.5 Å². The summed E-state index contributed by atoms with van der Waals surface area (Å²) >= 11 is 3.08. The molecule has 2 aromatic rings. The molecular formula is C15H16N2O2S2. The molecule has 0 atom stereocenters. The standard InChI is InChI=1S/C15H16N2O2S2/c1-9-12(21-13(16-9)10-4-5-20-6-10)14(18)17-7-15(19,8-17)11-2-3-11/h4-6,11,19H,2-3,7-8H2,1H3. The predicted octanol–water partition coefficient (Wildman–Crippen LogP) is 2.78. The van der Waals surface area contributed by atoms with Gasteiger partial charge in [-0.25, -0.2) is 4.98 Å². The van der Waals surface area contributed by atoms with Crippen LogP contribution in [0.2, 0.25) is 0 Å². The minimum atomic E-state index is -0.621. The van der Waals surface area contributed by atoms with Crippen molar-refractivity contribution < 1.29 is 9.90 Å². The van der Waals surface area contributed by atoms with Crippen molar-refractivity contribution >= 4 is 28.6 Å². The highest BCUT2D eigenvalue weighted by atomic mass is 32.1. The Bertz CT molecular complexity index is 683. The predicted molar refractivity (Wildman–Crippen MR) is 83.7 cm³/mol. The third kappa shape index (κ3) is 2.22. The van der Waals surface area contributed by atoms with Gasteiger partial charge >= 0.3 is 0 Å². The number of hydrogen-bond acceptors (Lipinski definition) is 5. The van der Waals surface area contributed by atoms with Crippen molar-refractivity contribution in [1.82, 2.24) is 9.88 Å². The van der Waals surface area contributed by atoms with E-state index in [1.807, 2.05) is 23.8 Å². The molecule has 2 aliphatic rings. The number of hydrogen-bond donors (Lipinski definition) is 1. The fourth-order valence-electron chi connectivity index (χ4n) is 2.89. The van der Waals surface area contributed by atoms with E-state index < -0.39 is 5.60 Å². The van der Waals surface area contributed by atoms with Gasteiger partial charge in [-0.3, -0.25) is 4.79 Å². The second-order valence-corrected chi connectivity index (χ2v) is 7.76. The number of aryl methyl sites for hydroxylation is 1. The van der Waals surface area contributed by atoms with Crippen LogP contribution in [0.5, 0.6) is 0 Å². The van der Waals surface area contributed by atoms with Gasteiger partial charge in [-0.15, -0.1) is 11.3 Å². The summed E-state index contributed by atoms with van der Waals surface area (Å²) in [6.07, 6.45) is 2.20. The Labute approximate surface area is 131 Å². The first-order valence-electron chi connectivity index (χ1n) is 7.08. The summed E-state index contributed by atoms with van der Waals surface area (Å²) in [6, 6.07) is 2.02. The Morgan fingerprint density at radius 1 is 1.48 bits per heavy atom. The number of nitrogens with zero attached hydrogens (tertiary/aromatic N) is 2. The molecule has 3 heterocycles. The third-order valence-corrected chi connectivity index (χ3v) is 6.19. The Hall–Kier alpha value is -1.24. The van der Waals surface area contributed by atoms with Crippen LogP contribution in [0.25, 0.3) is 10.6 Å². The number of rotatable bonds is 3. The van der Waals surface area contributed by atoms with E-state index in [4.69, 9.17) is 0 Å². The van der Waals surface area contributed by atoms with Crippen LogP contribution < -0.4 is 0 Å². The highest BCUT2D eigenvalue weighted by Gasteiger charge is 2.53. The van der Waals surface area contributed by atoms with Crippen LogP contribution in [0, 0.1) is 12.8 Å². The Balaban J connectivity index is 1.53. The maximum atomic E-state index is 12.5. The highest BCUT2D eigenvalue weighted by Crippen LogP contribution is 2.45. The largest absolute Gasteiger partial charge is 0.386 e. The Kier molecular flexibility index (Phi) is 2.96. The van der Waals surface area contributed by atoms with Crippen molar-refractivity contribution in [2.24, 2.45) is 5.92 Å². The highest BCUT2D eigenvalue weighted by molar-refractivity contribution is 7.17. The van der Waals surface area contributed by atoms with Gasteiger partial charge in [-0.2, -0.15) is 11.3 Å². The monoisotopic (exact) mass is 320 g/mol. The van der Waals surface area contributed by atoms with E-state index in [9.17, 15) is 9.90 Å². The van der Waals surface area contributed by atoms with E-state index in [2.05, 4.69) is 4.98 Å². The average Bonchev–Trinajstić information content (AvgIpc) is 2.99. The molecule has 0 unspecified atom stereocenters. The van der Waals surface area contributed by atoms with Crippen molar-refractivity contribution in [1.29, 1.82) is 0 Å². The van der Waals surface area contributed by atoms with Gasteiger partial charge in [0, 0.05) is 10.9 Å². The summed E-state index contributed by atoms with van der Waals surface area (Å²) in [5.74, 6) is 0.419. The molecule has 21 heavy (non-hydrogen) atoms. The molecular weight excluding hydrogens is 304 g/mol. The van der Waals surface area contributed by atoms with Gasteiger partial charge in [-0.05, 0) is 37.1 Å². The first-order valence-corrected chi connectivity index (χ1v) is 8.84. The lowest BCUT2D eigenvalue weighted by atomic mass is 9.88. The lowest BCUT2D eigenvalue weighted by molar-refractivity contribution is -0.0957. The van der Waals surface area contributed by atoms with Crippen LogP contribution in [0.4, 0.5) is 0 Å². The molecule has 1 amide bonds. The molecule has 1 saturated carbocycles. The SMILES string of the molecule is Cc1nc(-c2ccsc2)sc1C(=O)N1CC(O)(C2CC2)C1. The lowest BCUT2D eigenvalue weighted by Gasteiger charge is -2.46. The molecule has 0 spiro atoms. The summed E-state index contributed by atoms with van der Waals surface area (Å²) in [5, 5.41) is 15.3. The number of carbonyl (C=O) groups excluding carboxylic acids is 1. The maximum Gasteiger partial charge on any atom is 0.266 e. The number of aromatic nitrogens is 1. The number of thiazole rings is 1. The zero-order valence-corrected chi connectivity index (χ0v) is 13.3. The molecule has 1 aliphatic carbocycles. The summed E-state index contributed by atoms with van der Waals surface area (Å²) in [6.45, 7) is 2.83. The van der Waals surface area contributed by atoms with E-state index >= 15 is 0 Å². The summed E-state index contributed by atoms with van der Waals surface area (Å²) in [5.41, 5.74) is 1.24. The number of carbonyl (C=O) groups is 1. The number of thiophene rings is 1. The van der Waals surface area contributed by atoms with Crippen LogP contribution in [-0.4, -0.2) is 39.6 Å². The van der Waals surface area contributed by atoms with E-state index in [0.29, 0.717) is 23.9 Å². The Morgan fingerprint density at radius 2 is 2.24 bits per heavy atom. The first-order chi connectivity index (χ1) is 10.1. The number of likely N-dealkylation sites (tertiary alicyclic amines) is 1. The normalized spacial score (nSPS) is 20.4. The molecule has 2 aromatic heterocycles. The van der Waals surface area contributed by atoms with E-state index in [1.165, 1.54) is 11.3 Å². The third-order valence-electron chi connectivity index (χ3n) is 4.31. The van der Waals surface area contributed by atoms with E-state index in [1.54, 1.807) is 16.2 Å². The number of aliphatic hydroxyl groups is 1. The van der Waals surface area contributed by atoms with Gasteiger partial charge < -0.3 is 10.0 Å². The maximum absolute atomic E-state index is 12.5. The molecule has 110 valence electrons. The first kappa shape index (κ1) is 13.4. The molecule has 0 aromatic carbocycles. The summed E-state index contributed by atoms with van der Waals surface area (Å²) in [7, 11) is 0. The molecule has 4 rings (SSSR count). The quantitative estimate of drug-likeness (QED) is 0.946. The molecule has 1 saturated heterocycles. The van der Waals surface area contributed by atoms with Gasteiger partial charge in [0.05, 0.1) is 18.8 Å². The van der Waals surface area contributed by atoms with Crippen LogP contribution in [-0.2, 0) is 0 Å². The smallest absolute Gasteiger partial charge is 0.266 e. The van der Waals surface area contributed by atoms with Gasteiger partial charge in [-0.1, -0.05) is 0 Å². The lowest BCUT2D eigenvalue weighted by Crippen LogP contribution is -2.64. The molecule has 1 N–H and O–H groups in total. The minimum absolute atomic E-state index is 0.0109. The topological polar surface area (TPSA) is 53.4 Å². The van der Waals surface area contributed by atoms with Gasteiger partial charge in [0.25, 0.3) is 5.91 Å². The van der Waals surface area contributed by atoms with Crippen molar-refractivity contribution in [2.45, 2.75) is 25.4 Å².